The molecule has 0 unspecified atom stereocenters. The second-order valence-corrected chi connectivity index (χ2v) is 6.77. The predicted octanol–water partition coefficient (Wildman–Crippen LogP) is 3.57. The number of rotatable bonds is 3. The van der Waals surface area contributed by atoms with Crippen LogP contribution in [0, 0.1) is 0 Å². The third-order valence-corrected chi connectivity index (χ3v) is 4.98. The van der Waals surface area contributed by atoms with Gasteiger partial charge in [0.05, 0.1) is 15.4 Å². The number of thiophene rings is 1. The summed E-state index contributed by atoms with van der Waals surface area (Å²) in [5, 5.41) is 2.97. The van der Waals surface area contributed by atoms with Gasteiger partial charge in [0.15, 0.2) is 0 Å². The molecule has 2 heterocycles. The Morgan fingerprint density at radius 2 is 2.11 bits per heavy atom. The molecule has 1 fully saturated rings. The first-order chi connectivity index (χ1) is 8.56. The van der Waals surface area contributed by atoms with Crippen molar-refractivity contribution in [3.05, 3.63) is 20.3 Å². The zero-order valence-corrected chi connectivity index (χ0v) is 12.6. The highest BCUT2D eigenvalue weighted by molar-refractivity contribution is 7.20. The Balaban J connectivity index is 2.12. The van der Waals surface area contributed by atoms with Crippen molar-refractivity contribution in [3.63, 3.8) is 0 Å². The van der Waals surface area contributed by atoms with E-state index in [9.17, 15) is 4.79 Å². The summed E-state index contributed by atoms with van der Waals surface area (Å²) in [4.78, 5) is 12.2. The highest BCUT2D eigenvalue weighted by Gasteiger charge is 2.34. The average Bonchev–Trinajstić information content (AvgIpc) is 2.70. The Morgan fingerprint density at radius 1 is 1.44 bits per heavy atom. The number of carbonyl (C=O) groups excluding carboxylic acids is 1. The minimum Gasteiger partial charge on any atom is -0.381 e. The fourth-order valence-electron chi connectivity index (χ4n) is 1.86. The summed E-state index contributed by atoms with van der Waals surface area (Å²) in [6.45, 7) is 1.20. The average molecular weight is 329 g/mol. The Hall–Kier alpha value is -0.0000000000000000555. The van der Waals surface area contributed by atoms with Gasteiger partial charge in [-0.25, -0.2) is 0 Å². The van der Waals surface area contributed by atoms with Crippen molar-refractivity contribution in [2.24, 2.45) is 0 Å². The summed E-state index contributed by atoms with van der Waals surface area (Å²) in [6.07, 6.45) is 1.41. The first kappa shape index (κ1) is 14.4. The van der Waals surface area contributed by atoms with Crippen LogP contribution in [0.2, 0.25) is 8.67 Å². The summed E-state index contributed by atoms with van der Waals surface area (Å²) in [6, 6.07) is 1.57. The van der Waals surface area contributed by atoms with E-state index >= 15 is 0 Å². The lowest BCUT2D eigenvalue weighted by Crippen LogP contribution is -2.53. The van der Waals surface area contributed by atoms with Crippen molar-refractivity contribution in [1.82, 2.24) is 5.32 Å². The maximum atomic E-state index is 12.2. The molecular weight excluding hydrogens is 317 g/mol. The molecule has 0 aliphatic carbocycles. The first-order valence-corrected chi connectivity index (χ1v) is 7.58. The number of ether oxygens (including phenoxy) is 1. The highest BCUT2D eigenvalue weighted by Crippen LogP contribution is 2.32. The SMILES string of the molecule is O=C(NC1(CCl)CCOCC1)c1cc(Cl)sc1Cl. The van der Waals surface area contributed by atoms with Crippen LogP contribution >= 0.6 is 46.1 Å². The molecule has 18 heavy (non-hydrogen) atoms. The van der Waals surface area contributed by atoms with E-state index in [2.05, 4.69) is 5.32 Å². The molecule has 3 nitrogen and oxygen atoms in total. The van der Waals surface area contributed by atoms with Crippen LogP contribution in [-0.2, 0) is 4.74 Å². The van der Waals surface area contributed by atoms with Crippen molar-refractivity contribution >= 4 is 52.0 Å². The predicted molar refractivity (Wildman–Crippen MR) is 75.3 cm³/mol. The van der Waals surface area contributed by atoms with Gasteiger partial charge < -0.3 is 10.1 Å². The Labute approximate surface area is 124 Å². The van der Waals surface area contributed by atoms with Gasteiger partial charge in [-0.1, -0.05) is 23.2 Å². The van der Waals surface area contributed by atoms with Crippen LogP contribution in [0.1, 0.15) is 23.2 Å². The van der Waals surface area contributed by atoms with Crippen molar-refractivity contribution < 1.29 is 9.53 Å². The monoisotopic (exact) mass is 327 g/mol. The van der Waals surface area contributed by atoms with Gasteiger partial charge in [0.2, 0.25) is 0 Å². The van der Waals surface area contributed by atoms with Crippen molar-refractivity contribution in [2.45, 2.75) is 18.4 Å². The third kappa shape index (κ3) is 3.11. The van der Waals surface area contributed by atoms with Gasteiger partial charge >= 0.3 is 0 Å². The zero-order chi connectivity index (χ0) is 13.2. The lowest BCUT2D eigenvalue weighted by atomic mass is 9.92. The molecule has 0 atom stereocenters. The second kappa shape index (κ2) is 5.97. The van der Waals surface area contributed by atoms with E-state index in [1.54, 1.807) is 6.07 Å². The molecule has 0 bridgehead atoms. The highest BCUT2D eigenvalue weighted by atomic mass is 35.5. The molecular formula is C11H12Cl3NO2S. The molecule has 100 valence electrons. The topological polar surface area (TPSA) is 38.3 Å². The van der Waals surface area contributed by atoms with E-state index in [4.69, 9.17) is 39.5 Å². The Bertz CT molecular complexity index is 443. The molecule has 1 amide bonds. The van der Waals surface area contributed by atoms with E-state index in [-0.39, 0.29) is 5.91 Å². The molecule has 7 heteroatoms. The van der Waals surface area contributed by atoms with Gasteiger partial charge in [-0.3, -0.25) is 4.79 Å². The van der Waals surface area contributed by atoms with E-state index in [1.807, 2.05) is 0 Å². The van der Waals surface area contributed by atoms with E-state index in [0.717, 1.165) is 0 Å². The van der Waals surface area contributed by atoms with Gasteiger partial charge in [0.25, 0.3) is 5.91 Å². The normalized spacial score (nSPS) is 18.6. The van der Waals surface area contributed by atoms with Crippen LogP contribution in [-0.4, -0.2) is 30.5 Å². The smallest absolute Gasteiger partial charge is 0.254 e. The zero-order valence-electron chi connectivity index (χ0n) is 9.47. The molecule has 1 aliphatic heterocycles. The molecule has 1 aromatic heterocycles. The molecule has 0 radical (unpaired) electrons. The minimum absolute atomic E-state index is 0.231. The van der Waals surface area contributed by atoms with E-state index in [0.29, 0.717) is 46.2 Å². The number of halogens is 3. The Morgan fingerprint density at radius 3 is 2.61 bits per heavy atom. The molecule has 1 N–H and O–H groups in total. The fraction of sp³-hybridized carbons (Fsp3) is 0.545. The Kier molecular flexibility index (Phi) is 4.78. The summed E-state index contributed by atoms with van der Waals surface area (Å²) in [7, 11) is 0. The molecule has 1 aliphatic rings. The van der Waals surface area contributed by atoms with Gasteiger partial charge in [0, 0.05) is 19.1 Å². The third-order valence-electron chi connectivity index (χ3n) is 2.99. The van der Waals surface area contributed by atoms with E-state index in [1.165, 1.54) is 11.3 Å². The standard InChI is InChI=1S/C11H12Cl3NO2S/c12-6-11(1-3-17-4-2-11)15-10(16)7-5-8(13)18-9(7)14/h5H,1-4,6H2,(H,15,16). The molecule has 2 rings (SSSR count). The van der Waals surface area contributed by atoms with Crippen LogP contribution in [0.3, 0.4) is 0 Å². The lowest BCUT2D eigenvalue weighted by molar-refractivity contribution is 0.0434. The van der Waals surface area contributed by atoms with Crippen LogP contribution in [0.5, 0.6) is 0 Å². The van der Waals surface area contributed by atoms with Crippen molar-refractivity contribution in [3.8, 4) is 0 Å². The van der Waals surface area contributed by atoms with Gasteiger partial charge in [-0.15, -0.1) is 22.9 Å². The maximum Gasteiger partial charge on any atom is 0.254 e. The molecule has 0 saturated carbocycles. The van der Waals surface area contributed by atoms with Crippen LogP contribution in [0.4, 0.5) is 0 Å². The second-order valence-electron chi connectivity index (χ2n) is 4.22. The summed E-state index contributed by atoms with van der Waals surface area (Å²) < 4.78 is 6.18. The quantitative estimate of drug-likeness (QED) is 0.861. The first-order valence-electron chi connectivity index (χ1n) is 5.47. The van der Waals surface area contributed by atoms with Gasteiger partial charge in [0.1, 0.15) is 4.34 Å². The number of alkyl halides is 1. The summed E-state index contributed by atoms with van der Waals surface area (Å²) >= 11 is 19.0. The van der Waals surface area contributed by atoms with Gasteiger partial charge in [-0.05, 0) is 18.9 Å². The van der Waals surface area contributed by atoms with Crippen LogP contribution in [0.15, 0.2) is 6.07 Å². The number of hydrogen-bond donors (Lipinski definition) is 1. The number of carbonyl (C=O) groups is 1. The lowest BCUT2D eigenvalue weighted by Gasteiger charge is -2.36. The van der Waals surface area contributed by atoms with Crippen LogP contribution in [0.25, 0.3) is 0 Å². The molecule has 0 spiro atoms. The van der Waals surface area contributed by atoms with Crippen LogP contribution < -0.4 is 5.32 Å². The minimum atomic E-state index is -0.408. The molecule has 1 saturated heterocycles. The van der Waals surface area contributed by atoms with Crippen molar-refractivity contribution in [2.75, 3.05) is 19.1 Å². The fourth-order valence-corrected chi connectivity index (χ4v) is 3.65. The van der Waals surface area contributed by atoms with Crippen molar-refractivity contribution in [1.29, 1.82) is 0 Å². The maximum absolute atomic E-state index is 12.2. The summed E-state index contributed by atoms with van der Waals surface area (Å²) in [5.41, 5.74) is -0.00287. The largest absolute Gasteiger partial charge is 0.381 e. The summed E-state index contributed by atoms with van der Waals surface area (Å²) in [5.74, 6) is 0.128. The molecule has 0 aromatic carbocycles. The number of hydrogen-bond acceptors (Lipinski definition) is 3. The number of nitrogens with one attached hydrogen (secondary N) is 1. The van der Waals surface area contributed by atoms with E-state index < -0.39 is 5.54 Å². The van der Waals surface area contributed by atoms with Gasteiger partial charge in [-0.2, -0.15) is 0 Å². The molecule has 1 aromatic rings. The number of amides is 1.